The molecular weight excluding hydrogens is 420 g/mol. The van der Waals surface area contributed by atoms with Gasteiger partial charge < -0.3 is 9.47 Å². The predicted molar refractivity (Wildman–Crippen MR) is 119 cm³/mol. The van der Waals surface area contributed by atoms with Crippen LogP contribution in [0.3, 0.4) is 0 Å². The number of fused-ring (bicyclic) bond motifs is 1. The number of hydrogen-bond acceptors (Lipinski definition) is 7. The van der Waals surface area contributed by atoms with Crippen molar-refractivity contribution in [2.75, 3.05) is 6.61 Å². The number of thiophene rings is 1. The van der Waals surface area contributed by atoms with E-state index in [0.29, 0.717) is 28.2 Å². The predicted octanol–water partition coefficient (Wildman–Crippen LogP) is 2.91. The molecule has 1 amide bonds. The van der Waals surface area contributed by atoms with Crippen LogP contribution in [-0.4, -0.2) is 39.8 Å². The molecular formula is C21H28N4O5S. The Morgan fingerprint density at radius 2 is 2.06 bits per heavy atom. The second-order valence-corrected chi connectivity index (χ2v) is 10.1. The van der Waals surface area contributed by atoms with Crippen LogP contribution in [0, 0.1) is 6.92 Å². The van der Waals surface area contributed by atoms with Crippen molar-refractivity contribution in [3.63, 3.8) is 0 Å². The van der Waals surface area contributed by atoms with E-state index < -0.39 is 11.7 Å². The Balaban J connectivity index is 1.72. The number of rotatable bonds is 5. The smallest absolute Gasteiger partial charge is 0.428 e. The lowest BCUT2D eigenvalue weighted by molar-refractivity contribution is 0.0529. The molecule has 31 heavy (non-hydrogen) atoms. The largest absolute Gasteiger partial charge is 0.443 e. The first-order valence-corrected chi connectivity index (χ1v) is 11.4. The molecule has 4 rings (SSSR count). The van der Waals surface area contributed by atoms with E-state index in [0.717, 1.165) is 31.2 Å². The van der Waals surface area contributed by atoms with E-state index in [1.807, 2.05) is 6.92 Å². The van der Waals surface area contributed by atoms with Crippen LogP contribution in [0.15, 0.2) is 14.7 Å². The summed E-state index contributed by atoms with van der Waals surface area (Å²) in [5, 5.41) is 4.51. The van der Waals surface area contributed by atoms with Gasteiger partial charge in [0.15, 0.2) is 0 Å². The molecule has 0 radical (unpaired) electrons. The summed E-state index contributed by atoms with van der Waals surface area (Å²) >= 11 is 1.32. The number of ether oxygens (including phenoxy) is 2. The molecule has 0 spiro atoms. The van der Waals surface area contributed by atoms with Crippen LogP contribution in [0.25, 0.3) is 10.2 Å². The Bertz CT molecular complexity index is 1140. The van der Waals surface area contributed by atoms with Gasteiger partial charge >= 0.3 is 11.8 Å². The number of carbonyl (C=O) groups excluding carboxylic acids is 1. The van der Waals surface area contributed by atoms with Gasteiger partial charge in [-0.2, -0.15) is 5.10 Å². The Labute approximate surface area is 183 Å². The van der Waals surface area contributed by atoms with Gasteiger partial charge in [0.2, 0.25) is 0 Å². The van der Waals surface area contributed by atoms with Crippen molar-refractivity contribution in [1.82, 2.24) is 14.6 Å². The molecule has 0 unspecified atom stereocenters. The van der Waals surface area contributed by atoms with Gasteiger partial charge in [0.1, 0.15) is 10.4 Å². The zero-order valence-electron chi connectivity index (χ0n) is 18.3. The highest BCUT2D eigenvalue weighted by molar-refractivity contribution is 7.20. The van der Waals surface area contributed by atoms with Crippen molar-refractivity contribution >= 4 is 33.9 Å². The van der Waals surface area contributed by atoms with Crippen LogP contribution in [0.5, 0.6) is 0 Å². The zero-order chi connectivity index (χ0) is 22.3. The second-order valence-electron chi connectivity index (χ2n) is 9.08. The number of aromatic nitrogens is 2. The molecule has 2 aromatic rings. The molecule has 9 nitrogen and oxygen atoms in total. The van der Waals surface area contributed by atoms with Gasteiger partial charge in [0.05, 0.1) is 29.1 Å². The number of nitrogens with one attached hydrogen (secondary N) is 1. The van der Waals surface area contributed by atoms with Gasteiger partial charge in [0, 0.05) is 12.6 Å². The molecule has 10 heteroatoms. The SMILES string of the molecule is Cc1c(C=NNC(=O)OC(C)(C)C)sc2c1c(=O)n(C1CC1)c(=O)n2C[C@@H]1CCCO1. The molecule has 1 aliphatic carbocycles. The standard InChI is InChI=1S/C21H28N4O5S/c1-12-15(10-22-23-19(27)30-21(2,3)4)31-18-16(12)17(26)25(13-7-8-13)20(28)24(18)11-14-6-5-9-29-14/h10,13-14H,5-9,11H2,1-4H3,(H,23,27)/t14-/m0/s1. The normalized spacial score (nSPS) is 19.4. The van der Waals surface area contributed by atoms with Crippen LogP contribution in [0.1, 0.15) is 62.9 Å². The number of nitrogens with zero attached hydrogens (tertiary/aromatic N) is 3. The lowest BCUT2D eigenvalue weighted by Gasteiger charge is -2.18. The van der Waals surface area contributed by atoms with Gasteiger partial charge in [-0.05, 0) is 58.9 Å². The van der Waals surface area contributed by atoms with Crippen molar-refractivity contribution in [2.24, 2.45) is 5.10 Å². The van der Waals surface area contributed by atoms with Crippen LogP contribution < -0.4 is 16.7 Å². The maximum atomic E-state index is 13.2. The Kier molecular flexibility index (Phi) is 5.78. The average Bonchev–Trinajstić information content (AvgIpc) is 3.25. The maximum absolute atomic E-state index is 13.2. The van der Waals surface area contributed by atoms with Gasteiger partial charge in [-0.1, -0.05) is 0 Å². The van der Waals surface area contributed by atoms with Crippen LogP contribution >= 0.6 is 11.3 Å². The monoisotopic (exact) mass is 448 g/mol. The molecule has 1 atom stereocenters. The molecule has 2 fully saturated rings. The minimum Gasteiger partial charge on any atom is -0.443 e. The van der Waals surface area contributed by atoms with E-state index >= 15 is 0 Å². The van der Waals surface area contributed by atoms with Crippen molar-refractivity contribution in [1.29, 1.82) is 0 Å². The summed E-state index contributed by atoms with van der Waals surface area (Å²) in [5.74, 6) is 0. The number of hydrogen-bond donors (Lipinski definition) is 1. The second kappa shape index (κ2) is 8.23. The Hall–Kier alpha value is -2.46. The summed E-state index contributed by atoms with van der Waals surface area (Å²) in [4.78, 5) is 39.5. The molecule has 1 saturated carbocycles. The molecule has 1 N–H and O–H groups in total. The molecule has 1 saturated heterocycles. The molecule has 0 bridgehead atoms. The van der Waals surface area contributed by atoms with Crippen LogP contribution in [0.4, 0.5) is 4.79 Å². The van der Waals surface area contributed by atoms with E-state index in [2.05, 4.69) is 10.5 Å². The van der Waals surface area contributed by atoms with Crippen LogP contribution in [-0.2, 0) is 16.0 Å². The highest BCUT2D eigenvalue weighted by Gasteiger charge is 2.31. The summed E-state index contributed by atoms with van der Waals surface area (Å²) in [5.41, 5.74) is 1.94. The maximum Gasteiger partial charge on any atom is 0.428 e. The van der Waals surface area contributed by atoms with Gasteiger partial charge in [-0.15, -0.1) is 11.3 Å². The van der Waals surface area contributed by atoms with Crippen molar-refractivity contribution in [3.8, 4) is 0 Å². The number of amides is 1. The zero-order valence-corrected chi connectivity index (χ0v) is 19.1. The summed E-state index contributed by atoms with van der Waals surface area (Å²) < 4.78 is 14.0. The van der Waals surface area contributed by atoms with Crippen LogP contribution in [0.2, 0.25) is 0 Å². The third-order valence-corrected chi connectivity index (χ3v) is 6.59. The number of carbonyl (C=O) groups is 1. The summed E-state index contributed by atoms with van der Waals surface area (Å²) in [7, 11) is 0. The first-order valence-electron chi connectivity index (χ1n) is 10.6. The average molecular weight is 449 g/mol. The molecule has 0 aromatic carbocycles. The summed E-state index contributed by atoms with van der Waals surface area (Å²) in [6.45, 7) is 8.27. The summed E-state index contributed by atoms with van der Waals surface area (Å²) in [6.07, 6.45) is 4.37. The van der Waals surface area contributed by atoms with Gasteiger partial charge in [0.25, 0.3) is 5.56 Å². The lowest BCUT2D eigenvalue weighted by atomic mass is 10.2. The number of aryl methyl sites for hydroxylation is 1. The van der Waals surface area contributed by atoms with Crippen molar-refractivity contribution < 1.29 is 14.3 Å². The van der Waals surface area contributed by atoms with Gasteiger partial charge in [-0.3, -0.25) is 13.9 Å². The fourth-order valence-electron chi connectivity index (χ4n) is 3.76. The Morgan fingerprint density at radius 3 is 2.68 bits per heavy atom. The van der Waals surface area contributed by atoms with E-state index in [4.69, 9.17) is 9.47 Å². The van der Waals surface area contributed by atoms with E-state index in [9.17, 15) is 14.4 Å². The third kappa shape index (κ3) is 4.59. The van der Waals surface area contributed by atoms with E-state index in [-0.39, 0.29) is 23.4 Å². The first kappa shape index (κ1) is 21.8. The fraction of sp³-hybridized carbons (Fsp3) is 0.619. The topological polar surface area (TPSA) is 104 Å². The molecule has 2 aromatic heterocycles. The lowest BCUT2D eigenvalue weighted by Crippen LogP contribution is -2.40. The molecule has 168 valence electrons. The van der Waals surface area contributed by atoms with Crippen molar-refractivity contribution in [3.05, 3.63) is 31.3 Å². The Morgan fingerprint density at radius 1 is 1.32 bits per heavy atom. The highest BCUT2D eigenvalue weighted by Crippen LogP contribution is 2.34. The highest BCUT2D eigenvalue weighted by atomic mass is 32.1. The van der Waals surface area contributed by atoms with E-state index in [1.54, 1.807) is 25.3 Å². The minimum atomic E-state index is -0.658. The fourth-order valence-corrected chi connectivity index (χ4v) is 4.93. The van der Waals surface area contributed by atoms with Crippen molar-refractivity contribution in [2.45, 2.75) is 77.7 Å². The van der Waals surface area contributed by atoms with E-state index in [1.165, 1.54) is 22.1 Å². The molecule has 1 aliphatic heterocycles. The molecule has 3 heterocycles. The third-order valence-electron chi connectivity index (χ3n) is 5.34. The summed E-state index contributed by atoms with van der Waals surface area (Å²) in [6, 6.07) is -0.0228. The molecule has 2 aliphatic rings. The van der Waals surface area contributed by atoms with Gasteiger partial charge in [-0.25, -0.2) is 15.0 Å². The number of hydrazone groups is 1. The first-order chi connectivity index (χ1) is 14.7. The quantitative estimate of drug-likeness (QED) is 0.559. The minimum absolute atomic E-state index is 0.0228.